The van der Waals surface area contributed by atoms with Crippen LogP contribution in [0.2, 0.25) is 0 Å². The van der Waals surface area contributed by atoms with E-state index in [4.69, 9.17) is 4.74 Å². The Labute approximate surface area is 170 Å². The second kappa shape index (κ2) is 8.16. The predicted molar refractivity (Wildman–Crippen MR) is 107 cm³/mol. The van der Waals surface area contributed by atoms with Gasteiger partial charge in [0.2, 0.25) is 5.91 Å². The van der Waals surface area contributed by atoms with Crippen LogP contribution >= 0.6 is 0 Å². The Bertz CT molecular complexity index is 998. The number of aryl methyl sites for hydroxylation is 2. The average molecular weight is 419 g/mol. The normalized spacial score (nSPS) is 17.3. The topological polar surface area (TPSA) is 93.5 Å². The summed E-state index contributed by atoms with van der Waals surface area (Å²) in [5.74, 6) is 1.41. The third kappa shape index (κ3) is 4.79. The minimum atomic E-state index is -3.70. The van der Waals surface area contributed by atoms with Gasteiger partial charge >= 0.3 is 0 Å². The molecule has 1 N–H and O–H groups in total. The number of nitrogens with one attached hydrogen (secondary N) is 1. The Kier molecular flexibility index (Phi) is 5.60. The van der Waals surface area contributed by atoms with Crippen molar-refractivity contribution in [3.8, 4) is 5.75 Å². The molecule has 1 aliphatic heterocycles. The lowest BCUT2D eigenvalue weighted by Crippen LogP contribution is -2.32. The van der Waals surface area contributed by atoms with E-state index < -0.39 is 10.0 Å². The van der Waals surface area contributed by atoms with Crippen molar-refractivity contribution in [1.82, 2.24) is 19.2 Å². The largest absolute Gasteiger partial charge is 0.492 e. The lowest BCUT2D eigenvalue weighted by atomic mass is 10.1. The maximum atomic E-state index is 12.9. The Morgan fingerprint density at radius 2 is 2.17 bits per heavy atom. The summed E-state index contributed by atoms with van der Waals surface area (Å²) >= 11 is 0. The first-order valence-corrected chi connectivity index (χ1v) is 11.4. The number of benzene rings is 1. The van der Waals surface area contributed by atoms with E-state index in [1.807, 2.05) is 18.2 Å². The SMILES string of the molecule is Cn1cnc(S(=O)(=O)N2CCOc3ccc(CCC(=O)NCC4CC4)cc3C2)c1. The summed E-state index contributed by atoms with van der Waals surface area (Å²) in [5.41, 5.74) is 1.80. The Morgan fingerprint density at radius 1 is 1.34 bits per heavy atom. The Morgan fingerprint density at radius 3 is 2.90 bits per heavy atom. The van der Waals surface area contributed by atoms with Gasteiger partial charge in [-0.2, -0.15) is 4.31 Å². The number of fused-ring (bicyclic) bond motifs is 1. The van der Waals surface area contributed by atoms with Crippen molar-refractivity contribution in [2.24, 2.45) is 13.0 Å². The highest BCUT2D eigenvalue weighted by Crippen LogP contribution is 2.28. The van der Waals surface area contributed by atoms with Crippen molar-refractivity contribution in [1.29, 1.82) is 0 Å². The number of hydrogen-bond acceptors (Lipinski definition) is 5. The van der Waals surface area contributed by atoms with Crippen molar-refractivity contribution in [3.05, 3.63) is 41.9 Å². The van der Waals surface area contributed by atoms with Crippen LogP contribution in [0.5, 0.6) is 5.75 Å². The zero-order valence-corrected chi connectivity index (χ0v) is 17.3. The second-order valence-corrected chi connectivity index (χ2v) is 9.64. The molecule has 156 valence electrons. The zero-order valence-electron chi connectivity index (χ0n) is 16.5. The standard InChI is InChI=1S/C20H26N4O4S/c1-23-13-20(22-14-23)29(26,27)24-8-9-28-18-6-4-15(10-17(18)12-24)5-7-19(25)21-11-16-2-3-16/h4,6,10,13-14,16H,2-3,5,7-9,11-12H2,1H3,(H,21,25). The summed E-state index contributed by atoms with van der Waals surface area (Å²) < 4.78 is 34.6. The molecule has 1 amide bonds. The molecule has 0 atom stereocenters. The Balaban J connectivity index is 1.44. The van der Waals surface area contributed by atoms with Crippen molar-refractivity contribution in [2.45, 2.75) is 37.3 Å². The van der Waals surface area contributed by atoms with Gasteiger partial charge in [-0.3, -0.25) is 4.79 Å². The maximum absolute atomic E-state index is 12.9. The highest BCUT2D eigenvalue weighted by atomic mass is 32.2. The van der Waals surface area contributed by atoms with Crippen molar-refractivity contribution in [3.63, 3.8) is 0 Å². The van der Waals surface area contributed by atoms with Gasteiger partial charge in [0.1, 0.15) is 12.4 Å². The molecule has 0 bridgehead atoms. The third-order valence-corrected chi connectivity index (χ3v) is 7.01. The van der Waals surface area contributed by atoms with Crippen molar-refractivity contribution in [2.75, 3.05) is 19.7 Å². The molecule has 1 aromatic heterocycles. The number of carbonyl (C=O) groups excluding carboxylic acids is 1. The molecule has 0 unspecified atom stereocenters. The molecular weight excluding hydrogens is 392 g/mol. The van der Waals surface area contributed by atoms with Crippen molar-refractivity contribution < 1.29 is 17.9 Å². The van der Waals surface area contributed by atoms with E-state index >= 15 is 0 Å². The molecule has 0 saturated heterocycles. The first-order chi connectivity index (χ1) is 13.9. The first kappa shape index (κ1) is 19.9. The molecule has 0 radical (unpaired) electrons. The number of ether oxygens (including phenoxy) is 1. The summed E-state index contributed by atoms with van der Waals surface area (Å²) in [6.07, 6.45) is 6.42. The van der Waals surface area contributed by atoms with E-state index in [-0.39, 0.29) is 30.6 Å². The third-order valence-electron chi connectivity index (χ3n) is 5.28. The first-order valence-electron chi connectivity index (χ1n) is 9.91. The number of amides is 1. The number of nitrogens with zero attached hydrogens (tertiary/aromatic N) is 3. The average Bonchev–Trinajstić information content (AvgIpc) is 3.46. The molecule has 9 heteroatoms. The fraction of sp³-hybridized carbons (Fsp3) is 0.500. The van der Waals surface area contributed by atoms with E-state index in [1.165, 1.54) is 29.7 Å². The number of carbonyl (C=O) groups is 1. The van der Waals surface area contributed by atoms with Crippen LogP contribution in [0.1, 0.15) is 30.4 Å². The Hall–Kier alpha value is -2.39. The fourth-order valence-electron chi connectivity index (χ4n) is 3.37. The van der Waals surface area contributed by atoms with Gasteiger partial charge in [0.15, 0.2) is 5.03 Å². The second-order valence-electron chi connectivity index (χ2n) is 7.75. The molecule has 1 fully saturated rings. The molecule has 8 nitrogen and oxygen atoms in total. The summed E-state index contributed by atoms with van der Waals surface area (Å²) in [7, 11) is -1.96. The van der Waals surface area contributed by atoms with E-state index in [1.54, 1.807) is 11.6 Å². The van der Waals surface area contributed by atoms with Gasteiger partial charge in [-0.25, -0.2) is 13.4 Å². The van der Waals surface area contributed by atoms with Gasteiger partial charge < -0.3 is 14.6 Å². The smallest absolute Gasteiger partial charge is 0.262 e. The number of imidazole rings is 1. The van der Waals surface area contributed by atoms with E-state index in [2.05, 4.69) is 10.3 Å². The lowest BCUT2D eigenvalue weighted by molar-refractivity contribution is -0.121. The number of rotatable bonds is 7. The van der Waals surface area contributed by atoms with Gasteiger partial charge in [0.25, 0.3) is 10.0 Å². The van der Waals surface area contributed by atoms with Gasteiger partial charge in [0.05, 0.1) is 6.33 Å². The molecule has 4 rings (SSSR count). The fourth-order valence-corrected chi connectivity index (χ4v) is 4.73. The van der Waals surface area contributed by atoms with Gasteiger partial charge in [-0.1, -0.05) is 12.1 Å². The van der Waals surface area contributed by atoms with Crippen LogP contribution in [0.3, 0.4) is 0 Å². The summed E-state index contributed by atoms with van der Waals surface area (Å²) in [6.45, 7) is 1.53. The summed E-state index contributed by atoms with van der Waals surface area (Å²) in [4.78, 5) is 16.0. The van der Waals surface area contributed by atoms with Gasteiger partial charge in [-0.15, -0.1) is 0 Å². The van der Waals surface area contributed by atoms with Crippen LogP contribution in [0, 0.1) is 5.92 Å². The predicted octanol–water partition coefficient (Wildman–Crippen LogP) is 1.46. The maximum Gasteiger partial charge on any atom is 0.262 e. The number of hydrogen-bond donors (Lipinski definition) is 1. The quantitative estimate of drug-likeness (QED) is 0.735. The highest BCUT2D eigenvalue weighted by molar-refractivity contribution is 7.89. The van der Waals surface area contributed by atoms with Crippen LogP contribution in [0.15, 0.2) is 35.7 Å². The lowest BCUT2D eigenvalue weighted by Gasteiger charge is -2.18. The van der Waals surface area contributed by atoms with Gasteiger partial charge in [0, 0.05) is 44.9 Å². The zero-order chi connectivity index (χ0) is 20.4. The van der Waals surface area contributed by atoms with Crippen LogP contribution in [-0.4, -0.2) is 47.9 Å². The van der Waals surface area contributed by atoms with Crippen LogP contribution < -0.4 is 10.1 Å². The minimum Gasteiger partial charge on any atom is -0.492 e. The van der Waals surface area contributed by atoms with Crippen LogP contribution in [0.4, 0.5) is 0 Å². The highest BCUT2D eigenvalue weighted by Gasteiger charge is 2.29. The van der Waals surface area contributed by atoms with Crippen LogP contribution in [0.25, 0.3) is 0 Å². The summed E-state index contributed by atoms with van der Waals surface area (Å²) in [6, 6.07) is 5.75. The number of aromatic nitrogens is 2. The van der Waals surface area contributed by atoms with Gasteiger partial charge in [-0.05, 0) is 36.8 Å². The molecule has 1 aliphatic carbocycles. The van der Waals surface area contributed by atoms with Crippen LogP contribution in [-0.2, 0) is 34.8 Å². The van der Waals surface area contributed by atoms with E-state index in [0.29, 0.717) is 24.5 Å². The number of sulfonamides is 1. The molecule has 1 saturated carbocycles. The van der Waals surface area contributed by atoms with E-state index in [9.17, 15) is 13.2 Å². The van der Waals surface area contributed by atoms with Crippen molar-refractivity contribution >= 4 is 15.9 Å². The minimum absolute atomic E-state index is 0.0342. The molecule has 2 heterocycles. The molecule has 2 aromatic rings. The molecule has 29 heavy (non-hydrogen) atoms. The molecular formula is C20H26N4O4S. The molecule has 0 spiro atoms. The molecule has 1 aromatic carbocycles. The van der Waals surface area contributed by atoms with E-state index in [0.717, 1.165) is 17.7 Å². The summed E-state index contributed by atoms with van der Waals surface area (Å²) in [5, 5.41) is 3.01. The molecule has 2 aliphatic rings. The monoisotopic (exact) mass is 418 g/mol.